The number of anilines is 1. The number of thioether (sulfide) groups is 1. The van der Waals surface area contributed by atoms with Gasteiger partial charge in [-0.25, -0.2) is 15.0 Å². The molecule has 9 heteroatoms. The lowest BCUT2D eigenvalue weighted by Gasteiger charge is -2.24. The first kappa shape index (κ1) is 16.9. The summed E-state index contributed by atoms with van der Waals surface area (Å²) in [6.07, 6.45) is 5.46. The van der Waals surface area contributed by atoms with Gasteiger partial charge in [-0.15, -0.1) is 11.8 Å². The van der Waals surface area contributed by atoms with Crippen LogP contribution in [0.15, 0.2) is 41.8 Å². The van der Waals surface area contributed by atoms with E-state index in [-0.39, 0.29) is 11.8 Å². The maximum atomic E-state index is 12.5. The van der Waals surface area contributed by atoms with Crippen LogP contribution < -0.4 is 5.32 Å². The first-order valence-corrected chi connectivity index (χ1v) is 10.1. The monoisotopic (exact) mass is 391 g/mol. The molecule has 1 amide bonds. The van der Waals surface area contributed by atoms with Crippen LogP contribution in [0.3, 0.4) is 0 Å². The summed E-state index contributed by atoms with van der Waals surface area (Å²) in [4.78, 5) is 29.5. The molecule has 0 bridgehead atoms. The zero-order valence-corrected chi connectivity index (χ0v) is 16.1. The molecule has 2 N–H and O–H groups in total. The number of carbonyl (C=O) groups is 1. The minimum absolute atomic E-state index is 0.0393. The third-order valence-corrected chi connectivity index (χ3v) is 5.77. The first-order valence-electron chi connectivity index (χ1n) is 8.83. The number of hydrogen-bond donors (Lipinski definition) is 2. The molecule has 0 aliphatic carbocycles. The molecule has 1 aromatic carbocycles. The Morgan fingerprint density at radius 1 is 1.18 bits per heavy atom. The Balaban J connectivity index is 1.68. The summed E-state index contributed by atoms with van der Waals surface area (Å²) >= 11 is 1.70. The average Bonchev–Trinajstić information content (AvgIpc) is 3.32. The molecule has 0 radical (unpaired) electrons. The van der Waals surface area contributed by atoms with Crippen molar-refractivity contribution in [1.82, 2.24) is 29.7 Å². The van der Waals surface area contributed by atoms with E-state index in [4.69, 9.17) is 5.10 Å². The van der Waals surface area contributed by atoms with Gasteiger partial charge in [-0.3, -0.25) is 4.79 Å². The number of nitrogens with one attached hydrogen (secondary N) is 2. The third-order valence-electron chi connectivity index (χ3n) is 5.02. The maximum Gasteiger partial charge on any atom is 0.226 e. The standard InChI is InChI=1S/C19H17N7OS/c1-10-15-13(11-3-5-12(28-2)6-4-11)7-14(27)24-18(15)26(25-10)19-16-17(21-8-20-16)22-9-23-19/h3-6,8-9,13H,7H2,1-2H3,(H,24,27)(H,20,21,22,23)/t13-/m1/s1. The van der Waals surface area contributed by atoms with Crippen molar-refractivity contribution in [3.05, 3.63) is 53.7 Å². The molecule has 1 aliphatic heterocycles. The van der Waals surface area contributed by atoms with Crippen LogP contribution in [0.2, 0.25) is 0 Å². The van der Waals surface area contributed by atoms with Crippen LogP contribution in [-0.2, 0) is 4.79 Å². The number of aryl methyl sites for hydroxylation is 1. The minimum Gasteiger partial charge on any atom is -0.340 e. The molecule has 4 heterocycles. The molecule has 28 heavy (non-hydrogen) atoms. The summed E-state index contributed by atoms with van der Waals surface area (Å²) in [5.41, 5.74) is 4.21. The molecule has 5 rings (SSSR count). The van der Waals surface area contributed by atoms with Gasteiger partial charge in [0.1, 0.15) is 17.7 Å². The number of aromatic amines is 1. The van der Waals surface area contributed by atoms with Gasteiger partial charge in [0.2, 0.25) is 5.91 Å². The van der Waals surface area contributed by atoms with Crippen molar-refractivity contribution in [3.8, 4) is 5.82 Å². The molecule has 140 valence electrons. The van der Waals surface area contributed by atoms with Gasteiger partial charge in [-0.1, -0.05) is 12.1 Å². The second-order valence-corrected chi connectivity index (χ2v) is 7.52. The van der Waals surface area contributed by atoms with Gasteiger partial charge in [0.25, 0.3) is 0 Å². The first-order chi connectivity index (χ1) is 13.7. The molecule has 0 spiro atoms. The van der Waals surface area contributed by atoms with Gasteiger partial charge < -0.3 is 10.3 Å². The highest BCUT2D eigenvalue weighted by molar-refractivity contribution is 7.98. The number of aromatic nitrogens is 6. The second-order valence-electron chi connectivity index (χ2n) is 6.64. The van der Waals surface area contributed by atoms with Crippen molar-refractivity contribution < 1.29 is 4.79 Å². The summed E-state index contributed by atoms with van der Waals surface area (Å²) in [5, 5.41) is 7.69. The van der Waals surface area contributed by atoms with Crippen molar-refractivity contribution in [2.45, 2.75) is 24.2 Å². The molecule has 1 atom stereocenters. The highest BCUT2D eigenvalue weighted by Gasteiger charge is 2.33. The van der Waals surface area contributed by atoms with Gasteiger partial charge in [0.05, 0.1) is 12.0 Å². The molecule has 0 fully saturated rings. The largest absolute Gasteiger partial charge is 0.340 e. The molecule has 0 unspecified atom stereocenters. The molecule has 8 nitrogen and oxygen atoms in total. The van der Waals surface area contributed by atoms with Crippen LogP contribution in [0.25, 0.3) is 17.0 Å². The fourth-order valence-electron chi connectivity index (χ4n) is 3.73. The fraction of sp³-hybridized carbons (Fsp3) is 0.211. The zero-order valence-electron chi connectivity index (χ0n) is 15.3. The smallest absolute Gasteiger partial charge is 0.226 e. The second kappa shape index (κ2) is 6.45. The molecule has 1 aliphatic rings. The summed E-state index contributed by atoms with van der Waals surface area (Å²) in [7, 11) is 0. The number of H-pyrrole nitrogens is 1. The van der Waals surface area contributed by atoms with Crippen LogP contribution in [0.4, 0.5) is 5.82 Å². The predicted octanol–water partition coefficient (Wildman–Crippen LogP) is 3.04. The number of imidazole rings is 1. The number of fused-ring (bicyclic) bond motifs is 2. The summed E-state index contributed by atoms with van der Waals surface area (Å²) < 4.78 is 1.67. The predicted molar refractivity (Wildman–Crippen MR) is 107 cm³/mol. The zero-order chi connectivity index (χ0) is 19.3. The van der Waals surface area contributed by atoms with Gasteiger partial charge in [-0.2, -0.15) is 9.78 Å². The Hall–Kier alpha value is -3.20. The van der Waals surface area contributed by atoms with E-state index >= 15 is 0 Å². The summed E-state index contributed by atoms with van der Waals surface area (Å²) in [5.74, 6) is 1.13. The van der Waals surface area contributed by atoms with Gasteiger partial charge in [0, 0.05) is 22.8 Å². The summed E-state index contributed by atoms with van der Waals surface area (Å²) in [6, 6.07) is 8.36. The van der Waals surface area contributed by atoms with Crippen LogP contribution in [-0.4, -0.2) is 41.9 Å². The Morgan fingerprint density at radius 3 is 2.79 bits per heavy atom. The lowest BCUT2D eigenvalue weighted by Crippen LogP contribution is -2.25. The quantitative estimate of drug-likeness (QED) is 0.521. The van der Waals surface area contributed by atoms with Crippen molar-refractivity contribution in [2.75, 3.05) is 11.6 Å². The number of benzene rings is 1. The van der Waals surface area contributed by atoms with Gasteiger partial charge in [0.15, 0.2) is 11.5 Å². The number of carbonyl (C=O) groups excluding carboxylic acids is 1. The Kier molecular flexibility index (Phi) is 3.90. The van der Waals surface area contributed by atoms with Crippen LogP contribution in [0.1, 0.15) is 29.2 Å². The molecule has 0 saturated carbocycles. The topological polar surface area (TPSA) is 101 Å². The molecule has 4 aromatic rings. The highest BCUT2D eigenvalue weighted by Crippen LogP contribution is 2.40. The van der Waals surface area contributed by atoms with Gasteiger partial charge in [-0.05, 0) is 30.9 Å². The number of hydrogen-bond acceptors (Lipinski definition) is 6. The number of nitrogens with zero attached hydrogens (tertiary/aromatic N) is 5. The maximum absolute atomic E-state index is 12.5. The third kappa shape index (κ3) is 2.58. The Labute approximate surface area is 164 Å². The number of amides is 1. The van der Waals surface area contributed by atoms with Crippen LogP contribution in [0, 0.1) is 6.92 Å². The van der Waals surface area contributed by atoms with Crippen molar-refractivity contribution in [2.24, 2.45) is 0 Å². The molecular weight excluding hydrogens is 374 g/mol. The normalized spacial score (nSPS) is 16.2. The van der Waals surface area contributed by atoms with E-state index < -0.39 is 0 Å². The van der Waals surface area contributed by atoms with E-state index in [9.17, 15) is 4.79 Å². The van der Waals surface area contributed by atoms with Crippen molar-refractivity contribution in [1.29, 1.82) is 0 Å². The van der Waals surface area contributed by atoms with E-state index in [0.29, 0.717) is 29.2 Å². The minimum atomic E-state index is -0.0486. The van der Waals surface area contributed by atoms with Crippen LogP contribution >= 0.6 is 11.8 Å². The SMILES string of the molecule is CSc1ccc([C@H]2CC(=O)Nc3c2c(C)nn3-c2ncnc3nc[nH]c23)cc1. The van der Waals surface area contributed by atoms with E-state index in [1.807, 2.05) is 13.2 Å². The lowest BCUT2D eigenvalue weighted by molar-refractivity contribution is -0.116. The number of rotatable bonds is 3. The van der Waals surface area contributed by atoms with E-state index in [0.717, 1.165) is 16.8 Å². The van der Waals surface area contributed by atoms with Crippen LogP contribution in [0.5, 0.6) is 0 Å². The van der Waals surface area contributed by atoms with Gasteiger partial charge >= 0.3 is 0 Å². The fourth-order valence-corrected chi connectivity index (χ4v) is 4.14. The Morgan fingerprint density at radius 2 is 2.00 bits per heavy atom. The molecular formula is C19H17N7OS. The summed E-state index contributed by atoms with van der Waals surface area (Å²) in [6.45, 7) is 1.96. The highest BCUT2D eigenvalue weighted by atomic mass is 32.2. The van der Waals surface area contributed by atoms with E-state index in [1.54, 1.807) is 22.8 Å². The van der Waals surface area contributed by atoms with Crippen molar-refractivity contribution in [3.63, 3.8) is 0 Å². The molecule has 0 saturated heterocycles. The van der Waals surface area contributed by atoms with E-state index in [1.165, 1.54) is 11.2 Å². The average molecular weight is 391 g/mol. The van der Waals surface area contributed by atoms with E-state index in [2.05, 4.69) is 49.5 Å². The molecule has 3 aromatic heterocycles. The van der Waals surface area contributed by atoms with Crippen molar-refractivity contribution >= 4 is 34.7 Å². The Bertz CT molecular complexity index is 1190. The lowest BCUT2D eigenvalue weighted by atomic mass is 9.86.